The Morgan fingerprint density at radius 3 is 2.79 bits per heavy atom. The molecule has 2 atom stereocenters. The van der Waals surface area contributed by atoms with Crippen molar-refractivity contribution in [1.29, 1.82) is 0 Å². The third kappa shape index (κ3) is 3.39. The molecule has 1 N–H and O–H groups in total. The molecular weight excluding hydrogens is 194 g/mol. The van der Waals surface area contributed by atoms with Crippen LogP contribution in [0.2, 0.25) is 0 Å². The van der Waals surface area contributed by atoms with Gasteiger partial charge in [-0.1, -0.05) is 20.3 Å². The van der Waals surface area contributed by atoms with Gasteiger partial charge in [0.25, 0.3) is 0 Å². The quantitative estimate of drug-likeness (QED) is 0.816. The van der Waals surface area contributed by atoms with E-state index in [1.54, 1.807) is 11.3 Å². The Morgan fingerprint density at radius 1 is 1.57 bits per heavy atom. The molecule has 0 fully saturated rings. The zero-order valence-corrected chi connectivity index (χ0v) is 9.97. The van der Waals surface area contributed by atoms with Gasteiger partial charge < -0.3 is 5.11 Å². The molecule has 2 nitrogen and oxygen atoms in total. The van der Waals surface area contributed by atoms with Crippen molar-refractivity contribution in [3.05, 3.63) is 16.1 Å². The lowest BCUT2D eigenvalue weighted by Gasteiger charge is -2.16. The number of rotatable bonds is 5. The summed E-state index contributed by atoms with van der Waals surface area (Å²) in [6, 6.07) is 0. The average Bonchev–Trinajstić information content (AvgIpc) is 2.51. The van der Waals surface area contributed by atoms with E-state index in [1.165, 1.54) is 0 Å². The summed E-state index contributed by atoms with van der Waals surface area (Å²) in [5.74, 6) is 0.377. The molecule has 1 aromatic heterocycles. The molecule has 0 amide bonds. The molecule has 0 saturated heterocycles. The first kappa shape index (κ1) is 11.7. The van der Waals surface area contributed by atoms with Gasteiger partial charge in [0, 0.05) is 11.8 Å². The number of aliphatic hydroxyl groups excluding tert-OH is 1. The second kappa shape index (κ2) is 5.47. The van der Waals surface area contributed by atoms with Crippen LogP contribution in [0.1, 0.15) is 37.4 Å². The Hall–Kier alpha value is -0.410. The lowest BCUT2D eigenvalue weighted by atomic mass is 9.96. The topological polar surface area (TPSA) is 33.1 Å². The van der Waals surface area contributed by atoms with Gasteiger partial charge in [0.1, 0.15) is 0 Å². The van der Waals surface area contributed by atoms with Gasteiger partial charge in [0.2, 0.25) is 0 Å². The van der Waals surface area contributed by atoms with Gasteiger partial charge in [-0.15, -0.1) is 11.3 Å². The van der Waals surface area contributed by atoms with Crippen molar-refractivity contribution in [1.82, 2.24) is 4.98 Å². The highest BCUT2D eigenvalue weighted by molar-refractivity contribution is 7.09. The van der Waals surface area contributed by atoms with Crippen molar-refractivity contribution < 1.29 is 5.11 Å². The molecule has 1 heterocycles. The number of aryl methyl sites for hydroxylation is 1. The van der Waals surface area contributed by atoms with E-state index in [-0.39, 0.29) is 6.10 Å². The first-order valence-corrected chi connectivity index (χ1v) is 6.10. The van der Waals surface area contributed by atoms with E-state index in [0.29, 0.717) is 12.3 Å². The van der Waals surface area contributed by atoms with E-state index in [4.69, 9.17) is 0 Å². The third-order valence-corrected chi connectivity index (χ3v) is 3.31. The molecule has 1 aromatic rings. The molecule has 2 unspecified atom stereocenters. The third-order valence-electron chi connectivity index (χ3n) is 2.49. The molecule has 14 heavy (non-hydrogen) atoms. The second-order valence-corrected chi connectivity index (χ2v) is 4.96. The van der Waals surface area contributed by atoms with Crippen LogP contribution in [0, 0.1) is 12.8 Å². The maximum absolute atomic E-state index is 9.88. The maximum Gasteiger partial charge on any atom is 0.0897 e. The van der Waals surface area contributed by atoms with E-state index in [1.807, 2.05) is 12.3 Å². The summed E-state index contributed by atoms with van der Waals surface area (Å²) in [6.45, 7) is 6.25. The van der Waals surface area contributed by atoms with E-state index < -0.39 is 0 Å². The van der Waals surface area contributed by atoms with Crippen LogP contribution in [0.25, 0.3) is 0 Å². The van der Waals surface area contributed by atoms with Gasteiger partial charge >= 0.3 is 0 Å². The largest absolute Gasteiger partial charge is 0.392 e. The van der Waals surface area contributed by atoms with E-state index >= 15 is 0 Å². The maximum atomic E-state index is 9.88. The molecule has 0 aliphatic heterocycles. The molecule has 0 aromatic carbocycles. The summed E-state index contributed by atoms with van der Waals surface area (Å²) in [5.41, 5.74) is 1.03. The highest BCUT2D eigenvalue weighted by Gasteiger charge is 2.14. The van der Waals surface area contributed by atoms with E-state index in [2.05, 4.69) is 18.8 Å². The zero-order chi connectivity index (χ0) is 10.6. The van der Waals surface area contributed by atoms with Crippen molar-refractivity contribution >= 4 is 11.3 Å². The standard InChI is InChI=1S/C11H19NOS/c1-4-5-8(2)11(13)6-10-7-14-9(3)12-10/h7-8,11,13H,4-6H2,1-3H3. The minimum Gasteiger partial charge on any atom is -0.392 e. The normalized spacial score (nSPS) is 15.4. The number of hydrogen-bond donors (Lipinski definition) is 1. The predicted molar refractivity (Wildman–Crippen MR) is 60.6 cm³/mol. The van der Waals surface area contributed by atoms with Crippen molar-refractivity contribution in [2.24, 2.45) is 5.92 Å². The molecule has 0 saturated carbocycles. The number of nitrogens with zero attached hydrogens (tertiary/aromatic N) is 1. The van der Waals surface area contributed by atoms with Gasteiger partial charge in [-0.3, -0.25) is 0 Å². The molecular formula is C11H19NOS. The summed E-state index contributed by atoms with van der Waals surface area (Å²) < 4.78 is 0. The van der Waals surface area contributed by atoms with Crippen LogP contribution in [-0.2, 0) is 6.42 Å². The van der Waals surface area contributed by atoms with Crippen molar-refractivity contribution in [2.45, 2.75) is 46.1 Å². The molecule has 0 spiro atoms. The zero-order valence-electron chi connectivity index (χ0n) is 9.16. The van der Waals surface area contributed by atoms with Crippen molar-refractivity contribution in [3.8, 4) is 0 Å². The second-order valence-electron chi connectivity index (χ2n) is 3.90. The average molecular weight is 213 g/mol. The van der Waals surface area contributed by atoms with Crippen LogP contribution in [-0.4, -0.2) is 16.2 Å². The fourth-order valence-electron chi connectivity index (χ4n) is 1.57. The molecule has 0 aliphatic rings. The molecule has 80 valence electrons. The lowest BCUT2D eigenvalue weighted by molar-refractivity contribution is 0.111. The summed E-state index contributed by atoms with van der Waals surface area (Å²) in [6.07, 6.45) is 2.68. The molecule has 3 heteroatoms. The summed E-state index contributed by atoms with van der Waals surface area (Å²) in [4.78, 5) is 4.35. The number of aromatic nitrogens is 1. The highest BCUT2D eigenvalue weighted by atomic mass is 32.1. The lowest BCUT2D eigenvalue weighted by Crippen LogP contribution is -2.20. The van der Waals surface area contributed by atoms with Gasteiger partial charge in [-0.2, -0.15) is 0 Å². The fourth-order valence-corrected chi connectivity index (χ4v) is 2.19. The van der Waals surface area contributed by atoms with Gasteiger partial charge in [-0.05, 0) is 19.3 Å². The molecule has 0 radical (unpaired) electrons. The molecule has 0 aliphatic carbocycles. The van der Waals surface area contributed by atoms with Crippen LogP contribution in [0.4, 0.5) is 0 Å². The van der Waals surface area contributed by atoms with Crippen LogP contribution in [0.15, 0.2) is 5.38 Å². The summed E-state index contributed by atoms with van der Waals surface area (Å²) in [7, 11) is 0. The van der Waals surface area contributed by atoms with Gasteiger partial charge in [-0.25, -0.2) is 4.98 Å². The molecule has 0 bridgehead atoms. The Bertz CT molecular complexity index is 272. The van der Waals surface area contributed by atoms with E-state index in [9.17, 15) is 5.11 Å². The minimum absolute atomic E-state index is 0.239. The SMILES string of the molecule is CCCC(C)C(O)Cc1csc(C)n1. The summed E-state index contributed by atoms with van der Waals surface area (Å²) in [5, 5.41) is 13.0. The smallest absolute Gasteiger partial charge is 0.0897 e. The fraction of sp³-hybridized carbons (Fsp3) is 0.727. The van der Waals surface area contributed by atoms with Crippen LogP contribution in [0.5, 0.6) is 0 Å². The predicted octanol–water partition coefficient (Wildman–Crippen LogP) is 2.79. The van der Waals surface area contributed by atoms with Crippen molar-refractivity contribution in [2.75, 3.05) is 0 Å². The Kier molecular flexibility index (Phi) is 4.55. The van der Waals surface area contributed by atoms with Crippen LogP contribution >= 0.6 is 11.3 Å². The number of hydrogen-bond acceptors (Lipinski definition) is 3. The first-order valence-electron chi connectivity index (χ1n) is 5.22. The first-order chi connectivity index (χ1) is 6.63. The monoisotopic (exact) mass is 213 g/mol. The highest BCUT2D eigenvalue weighted by Crippen LogP contribution is 2.16. The van der Waals surface area contributed by atoms with E-state index in [0.717, 1.165) is 23.5 Å². The number of aliphatic hydroxyl groups is 1. The van der Waals surface area contributed by atoms with Crippen LogP contribution in [0.3, 0.4) is 0 Å². The summed E-state index contributed by atoms with van der Waals surface area (Å²) >= 11 is 1.65. The minimum atomic E-state index is -0.239. The van der Waals surface area contributed by atoms with Crippen molar-refractivity contribution in [3.63, 3.8) is 0 Å². The molecule has 1 rings (SSSR count). The Labute approximate surface area is 90.0 Å². The van der Waals surface area contributed by atoms with Gasteiger partial charge in [0.05, 0.1) is 16.8 Å². The Morgan fingerprint density at radius 2 is 2.29 bits per heavy atom. The Balaban J connectivity index is 2.43. The van der Waals surface area contributed by atoms with Gasteiger partial charge in [0.15, 0.2) is 0 Å². The number of thiazole rings is 1. The van der Waals surface area contributed by atoms with Crippen LogP contribution < -0.4 is 0 Å².